The van der Waals surface area contributed by atoms with Gasteiger partial charge in [-0.25, -0.2) is 0 Å². The molecule has 1 aliphatic rings. The molecule has 2 N–H and O–H groups in total. The molecule has 2 heteroatoms. The van der Waals surface area contributed by atoms with Crippen LogP contribution in [0.1, 0.15) is 57.4 Å². The van der Waals surface area contributed by atoms with Gasteiger partial charge in [-0.2, -0.15) is 0 Å². The summed E-state index contributed by atoms with van der Waals surface area (Å²) in [5.41, 5.74) is 1.31. The molecule has 0 unspecified atom stereocenters. The van der Waals surface area contributed by atoms with Gasteiger partial charge in [0, 0.05) is 12.1 Å². The van der Waals surface area contributed by atoms with Gasteiger partial charge in [0.25, 0.3) is 0 Å². The Bertz CT molecular complexity index is 352. The van der Waals surface area contributed by atoms with Crippen LogP contribution in [0.2, 0.25) is 0 Å². The van der Waals surface area contributed by atoms with Gasteiger partial charge in [0.1, 0.15) is 5.75 Å². The van der Waals surface area contributed by atoms with E-state index >= 15 is 0 Å². The van der Waals surface area contributed by atoms with Crippen LogP contribution >= 0.6 is 0 Å². The van der Waals surface area contributed by atoms with Gasteiger partial charge in [-0.05, 0) is 50.3 Å². The summed E-state index contributed by atoms with van der Waals surface area (Å²) in [5, 5.41) is 13.1. The Kier molecular flexibility index (Phi) is 5.71. The Morgan fingerprint density at radius 2 is 1.74 bits per heavy atom. The standard InChI is InChI=1S/C17H27NO/c1-14(18-16-6-4-2-3-5-7-16)8-9-15-10-12-17(19)13-11-15/h10-14,16,18-19H,2-9H2,1H3/t14-/m0/s1. The van der Waals surface area contributed by atoms with E-state index in [1.165, 1.54) is 50.5 Å². The highest BCUT2D eigenvalue weighted by Crippen LogP contribution is 2.18. The second-order valence-corrected chi connectivity index (χ2v) is 5.96. The molecular formula is C17H27NO. The number of hydrogen-bond donors (Lipinski definition) is 2. The van der Waals surface area contributed by atoms with E-state index in [0.29, 0.717) is 11.8 Å². The first kappa shape index (κ1) is 14.4. The molecule has 0 amide bonds. The maximum atomic E-state index is 9.26. The zero-order valence-electron chi connectivity index (χ0n) is 12.1. The summed E-state index contributed by atoms with van der Waals surface area (Å²) in [6, 6.07) is 8.91. The molecule has 0 radical (unpaired) electrons. The minimum absolute atomic E-state index is 0.355. The molecule has 0 spiro atoms. The fraction of sp³-hybridized carbons (Fsp3) is 0.647. The number of aryl methyl sites for hydroxylation is 1. The van der Waals surface area contributed by atoms with E-state index in [4.69, 9.17) is 0 Å². The Morgan fingerprint density at radius 3 is 2.37 bits per heavy atom. The van der Waals surface area contributed by atoms with Crippen molar-refractivity contribution in [2.45, 2.75) is 70.4 Å². The molecule has 106 valence electrons. The minimum Gasteiger partial charge on any atom is -0.508 e. The Morgan fingerprint density at radius 1 is 1.11 bits per heavy atom. The van der Waals surface area contributed by atoms with E-state index in [2.05, 4.69) is 12.2 Å². The van der Waals surface area contributed by atoms with Crippen molar-refractivity contribution >= 4 is 0 Å². The highest BCUT2D eigenvalue weighted by atomic mass is 16.3. The topological polar surface area (TPSA) is 32.3 Å². The molecular weight excluding hydrogens is 234 g/mol. The van der Waals surface area contributed by atoms with E-state index in [0.717, 1.165) is 12.5 Å². The van der Waals surface area contributed by atoms with Gasteiger partial charge in [-0.1, -0.05) is 37.8 Å². The summed E-state index contributed by atoms with van der Waals surface area (Å²) in [7, 11) is 0. The van der Waals surface area contributed by atoms with E-state index in [1.807, 2.05) is 12.1 Å². The van der Waals surface area contributed by atoms with Crippen molar-refractivity contribution in [3.8, 4) is 5.75 Å². The van der Waals surface area contributed by atoms with Crippen LogP contribution in [-0.4, -0.2) is 17.2 Å². The fourth-order valence-corrected chi connectivity index (χ4v) is 2.98. The van der Waals surface area contributed by atoms with Crippen LogP contribution in [-0.2, 0) is 6.42 Å². The van der Waals surface area contributed by atoms with Gasteiger partial charge in [0.05, 0.1) is 0 Å². The van der Waals surface area contributed by atoms with E-state index < -0.39 is 0 Å². The molecule has 1 aliphatic carbocycles. The first-order valence-electron chi connectivity index (χ1n) is 7.78. The summed E-state index contributed by atoms with van der Waals surface area (Å²) in [6.45, 7) is 2.30. The molecule has 19 heavy (non-hydrogen) atoms. The van der Waals surface area contributed by atoms with Gasteiger partial charge in [-0.3, -0.25) is 0 Å². The summed E-state index contributed by atoms with van der Waals surface area (Å²) in [5.74, 6) is 0.355. The number of phenolic OH excluding ortho intramolecular Hbond substituents is 1. The van der Waals surface area contributed by atoms with Crippen molar-refractivity contribution in [1.29, 1.82) is 0 Å². The van der Waals surface area contributed by atoms with Gasteiger partial charge < -0.3 is 10.4 Å². The third-order valence-corrected chi connectivity index (χ3v) is 4.18. The summed E-state index contributed by atoms with van der Waals surface area (Å²) < 4.78 is 0. The number of aromatic hydroxyl groups is 1. The third-order valence-electron chi connectivity index (χ3n) is 4.18. The molecule has 1 aromatic rings. The molecule has 1 aromatic carbocycles. The van der Waals surface area contributed by atoms with Gasteiger partial charge in [-0.15, -0.1) is 0 Å². The van der Waals surface area contributed by atoms with Crippen LogP contribution < -0.4 is 5.32 Å². The number of hydrogen-bond acceptors (Lipinski definition) is 2. The molecule has 2 nitrogen and oxygen atoms in total. The molecule has 1 saturated carbocycles. The second-order valence-electron chi connectivity index (χ2n) is 5.96. The van der Waals surface area contributed by atoms with Gasteiger partial charge in [0.15, 0.2) is 0 Å². The molecule has 1 atom stereocenters. The monoisotopic (exact) mass is 261 g/mol. The van der Waals surface area contributed by atoms with Crippen molar-refractivity contribution in [2.24, 2.45) is 0 Å². The van der Waals surface area contributed by atoms with E-state index in [9.17, 15) is 5.11 Å². The smallest absolute Gasteiger partial charge is 0.115 e. The normalized spacial score (nSPS) is 19.0. The third kappa shape index (κ3) is 5.23. The largest absolute Gasteiger partial charge is 0.508 e. The van der Waals surface area contributed by atoms with Crippen LogP contribution in [0.5, 0.6) is 5.75 Å². The first-order valence-corrected chi connectivity index (χ1v) is 7.78. The maximum Gasteiger partial charge on any atom is 0.115 e. The Balaban J connectivity index is 1.71. The molecule has 0 heterocycles. The van der Waals surface area contributed by atoms with Crippen molar-refractivity contribution in [3.05, 3.63) is 29.8 Å². The zero-order valence-corrected chi connectivity index (χ0v) is 12.1. The summed E-state index contributed by atoms with van der Waals surface area (Å²) >= 11 is 0. The lowest BCUT2D eigenvalue weighted by Crippen LogP contribution is -2.36. The number of nitrogens with one attached hydrogen (secondary N) is 1. The van der Waals surface area contributed by atoms with E-state index in [1.54, 1.807) is 12.1 Å². The first-order chi connectivity index (χ1) is 9.24. The van der Waals surface area contributed by atoms with Crippen molar-refractivity contribution in [2.75, 3.05) is 0 Å². The van der Waals surface area contributed by atoms with Crippen molar-refractivity contribution in [1.82, 2.24) is 5.32 Å². The van der Waals surface area contributed by atoms with Gasteiger partial charge >= 0.3 is 0 Å². The van der Waals surface area contributed by atoms with E-state index in [-0.39, 0.29) is 0 Å². The molecule has 0 aromatic heterocycles. The lowest BCUT2D eigenvalue weighted by Gasteiger charge is -2.22. The lowest BCUT2D eigenvalue weighted by atomic mass is 10.0. The Hall–Kier alpha value is -1.02. The molecule has 0 aliphatic heterocycles. The predicted octanol–water partition coefficient (Wildman–Crippen LogP) is 4.03. The zero-order chi connectivity index (χ0) is 13.5. The fourth-order valence-electron chi connectivity index (χ4n) is 2.98. The van der Waals surface area contributed by atoms with Crippen LogP contribution in [0, 0.1) is 0 Å². The predicted molar refractivity (Wildman–Crippen MR) is 80.5 cm³/mol. The maximum absolute atomic E-state index is 9.26. The van der Waals surface area contributed by atoms with Gasteiger partial charge in [0.2, 0.25) is 0 Å². The SMILES string of the molecule is C[C@@H](CCc1ccc(O)cc1)NC1CCCCCC1. The number of benzene rings is 1. The van der Waals surface area contributed by atoms with Crippen molar-refractivity contribution < 1.29 is 5.11 Å². The lowest BCUT2D eigenvalue weighted by molar-refractivity contribution is 0.394. The quantitative estimate of drug-likeness (QED) is 0.784. The van der Waals surface area contributed by atoms with Crippen LogP contribution in [0.15, 0.2) is 24.3 Å². The van der Waals surface area contributed by atoms with Crippen LogP contribution in [0.25, 0.3) is 0 Å². The Labute approximate surface area is 117 Å². The highest BCUT2D eigenvalue weighted by molar-refractivity contribution is 5.25. The average molecular weight is 261 g/mol. The molecule has 1 fully saturated rings. The molecule has 2 rings (SSSR count). The second kappa shape index (κ2) is 7.54. The van der Waals surface area contributed by atoms with Crippen LogP contribution in [0.4, 0.5) is 0 Å². The molecule has 0 bridgehead atoms. The minimum atomic E-state index is 0.355. The van der Waals surface area contributed by atoms with Crippen molar-refractivity contribution in [3.63, 3.8) is 0 Å². The molecule has 0 saturated heterocycles. The summed E-state index contributed by atoms with van der Waals surface area (Å²) in [4.78, 5) is 0. The average Bonchev–Trinajstić information content (AvgIpc) is 2.67. The highest BCUT2D eigenvalue weighted by Gasteiger charge is 2.14. The van der Waals surface area contributed by atoms with Crippen LogP contribution in [0.3, 0.4) is 0 Å². The number of rotatable bonds is 5. The summed E-state index contributed by atoms with van der Waals surface area (Å²) in [6.07, 6.45) is 10.6. The number of phenols is 1.